The highest BCUT2D eigenvalue weighted by Gasteiger charge is 2.03. The average Bonchev–Trinajstić information content (AvgIpc) is 2.66. The summed E-state index contributed by atoms with van der Waals surface area (Å²) < 4.78 is 0. The van der Waals surface area contributed by atoms with Crippen molar-refractivity contribution < 1.29 is 14.7 Å². The second-order valence-electron chi connectivity index (χ2n) is 5.58. The average molecular weight is 346 g/mol. The van der Waals surface area contributed by atoms with Crippen LogP contribution in [0.1, 0.15) is 15.9 Å². The van der Waals surface area contributed by atoms with Gasteiger partial charge in [0.25, 0.3) is 5.91 Å². The molecular weight excluding hydrogens is 330 g/mol. The molecule has 6 nitrogen and oxygen atoms in total. The molecule has 0 saturated heterocycles. The number of carboxylic acid groups (broad SMARTS) is 1. The monoisotopic (exact) mass is 346 g/mol. The zero-order chi connectivity index (χ0) is 18.4. The number of hydrogen-bond donors (Lipinski definition) is 2. The molecule has 0 aromatic heterocycles. The van der Waals surface area contributed by atoms with Crippen LogP contribution in [0.4, 0.5) is 5.69 Å². The number of hydrogen-bond acceptors (Lipinski definition) is 5. The van der Waals surface area contributed by atoms with Crippen LogP contribution in [0.25, 0.3) is 10.8 Å². The Balaban J connectivity index is 1.55. The smallest absolute Gasteiger partial charge is 0.259 e. The van der Waals surface area contributed by atoms with Gasteiger partial charge in [0.1, 0.15) is 0 Å². The number of benzene rings is 3. The van der Waals surface area contributed by atoms with Crippen molar-refractivity contribution in [2.75, 3.05) is 11.9 Å². The van der Waals surface area contributed by atoms with Gasteiger partial charge < -0.3 is 15.2 Å². The zero-order valence-corrected chi connectivity index (χ0v) is 13.8. The minimum absolute atomic E-state index is 0.0783. The van der Waals surface area contributed by atoms with Crippen LogP contribution in [0.3, 0.4) is 0 Å². The van der Waals surface area contributed by atoms with Gasteiger partial charge in [0.2, 0.25) is 0 Å². The molecule has 0 saturated carbocycles. The molecule has 0 bridgehead atoms. The van der Waals surface area contributed by atoms with E-state index in [0.717, 1.165) is 16.5 Å². The van der Waals surface area contributed by atoms with E-state index >= 15 is 0 Å². The molecule has 6 heteroatoms. The summed E-state index contributed by atoms with van der Waals surface area (Å²) in [5.74, 6) is -1.53. The fourth-order valence-corrected chi connectivity index (χ4v) is 2.48. The van der Waals surface area contributed by atoms with Crippen LogP contribution in [-0.2, 0) is 4.79 Å². The number of fused-ring (bicyclic) bond motifs is 1. The summed E-state index contributed by atoms with van der Waals surface area (Å²) in [5, 5.41) is 19.8. The topological polar surface area (TPSA) is 93.6 Å². The molecule has 3 aromatic carbocycles. The fraction of sp³-hybridized carbons (Fsp3) is 0.0500. The molecule has 3 rings (SSSR count). The number of hydrazone groups is 1. The largest absolute Gasteiger partial charge is 0.545 e. The van der Waals surface area contributed by atoms with Gasteiger partial charge in [-0.05, 0) is 22.6 Å². The van der Waals surface area contributed by atoms with Gasteiger partial charge >= 0.3 is 0 Å². The minimum atomic E-state index is -1.23. The standard InChI is InChI=1S/C20H17N3O3/c24-19(23-22-12-14-8-10-16(11-9-14)20(25)26)13-21-18-7-3-5-15-4-1-2-6-17(15)18/h1-12,21H,13H2,(H,23,24)(H,25,26)/p-1. The van der Waals surface area contributed by atoms with Crippen LogP contribution in [0.2, 0.25) is 0 Å². The number of rotatable bonds is 6. The highest BCUT2D eigenvalue weighted by Crippen LogP contribution is 2.22. The van der Waals surface area contributed by atoms with Gasteiger partial charge in [-0.15, -0.1) is 0 Å². The maximum absolute atomic E-state index is 11.9. The molecule has 0 unspecified atom stereocenters. The molecule has 0 aliphatic rings. The number of carbonyl (C=O) groups is 2. The summed E-state index contributed by atoms with van der Waals surface area (Å²) in [6, 6.07) is 19.8. The van der Waals surface area contributed by atoms with Crippen LogP contribution in [0.15, 0.2) is 71.8 Å². The van der Waals surface area contributed by atoms with Gasteiger partial charge in [-0.2, -0.15) is 5.10 Å². The molecule has 130 valence electrons. The lowest BCUT2D eigenvalue weighted by Gasteiger charge is -2.08. The Labute approximate surface area is 150 Å². The third-order valence-electron chi connectivity index (χ3n) is 3.78. The Morgan fingerprint density at radius 3 is 2.46 bits per heavy atom. The lowest BCUT2D eigenvalue weighted by Crippen LogP contribution is -2.26. The molecule has 0 fully saturated rings. The van der Waals surface area contributed by atoms with Gasteiger partial charge in [-0.25, -0.2) is 5.43 Å². The first-order valence-corrected chi connectivity index (χ1v) is 7.98. The molecule has 0 heterocycles. The number of amides is 1. The molecule has 0 spiro atoms. The van der Waals surface area contributed by atoms with Crippen molar-refractivity contribution in [2.45, 2.75) is 0 Å². The third kappa shape index (κ3) is 4.24. The van der Waals surface area contributed by atoms with E-state index in [2.05, 4.69) is 15.8 Å². The molecule has 1 amide bonds. The maximum atomic E-state index is 11.9. The second-order valence-corrected chi connectivity index (χ2v) is 5.58. The molecule has 0 atom stereocenters. The summed E-state index contributed by atoms with van der Waals surface area (Å²) in [6.07, 6.45) is 1.44. The molecule has 0 aliphatic carbocycles. The van der Waals surface area contributed by atoms with Gasteiger partial charge in [0.15, 0.2) is 0 Å². The third-order valence-corrected chi connectivity index (χ3v) is 3.78. The van der Waals surface area contributed by atoms with Gasteiger partial charge in [0, 0.05) is 11.1 Å². The number of anilines is 1. The van der Waals surface area contributed by atoms with Crippen molar-refractivity contribution in [3.8, 4) is 0 Å². The van der Waals surface area contributed by atoms with Crippen LogP contribution in [0.5, 0.6) is 0 Å². The first-order chi connectivity index (χ1) is 12.6. The van der Waals surface area contributed by atoms with E-state index < -0.39 is 5.97 Å². The number of nitrogens with zero attached hydrogens (tertiary/aromatic N) is 1. The molecular formula is C20H16N3O3-. The Morgan fingerprint density at radius 2 is 1.69 bits per heavy atom. The first kappa shape index (κ1) is 17.2. The van der Waals surface area contributed by atoms with E-state index in [1.807, 2.05) is 42.5 Å². The minimum Gasteiger partial charge on any atom is -0.545 e. The molecule has 0 aliphatic heterocycles. The Morgan fingerprint density at radius 1 is 0.962 bits per heavy atom. The summed E-state index contributed by atoms with van der Waals surface area (Å²) in [7, 11) is 0. The zero-order valence-electron chi connectivity index (χ0n) is 13.8. The van der Waals surface area contributed by atoms with Crippen molar-refractivity contribution in [3.63, 3.8) is 0 Å². The van der Waals surface area contributed by atoms with Crippen molar-refractivity contribution in [1.29, 1.82) is 0 Å². The van der Waals surface area contributed by atoms with E-state index in [0.29, 0.717) is 5.56 Å². The summed E-state index contributed by atoms with van der Waals surface area (Å²) >= 11 is 0. The lowest BCUT2D eigenvalue weighted by molar-refractivity contribution is -0.255. The maximum Gasteiger partial charge on any atom is 0.259 e. The number of aromatic carboxylic acids is 1. The van der Waals surface area contributed by atoms with E-state index in [9.17, 15) is 14.7 Å². The highest BCUT2D eigenvalue weighted by atomic mass is 16.4. The normalized spacial score (nSPS) is 10.8. The molecule has 3 aromatic rings. The Hall–Kier alpha value is -3.67. The van der Waals surface area contributed by atoms with Crippen molar-refractivity contribution >= 4 is 34.6 Å². The number of carbonyl (C=O) groups excluding carboxylic acids is 2. The molecule has 26 heavy (non-hydrogen) atoms. The predicted molar refractivity (Wildman–Crippen MR) is 98.9 cm³/mol. The molecule has 0 radical (unpaired) electrons. The van der Waals surface area contributed by atoms with Crippen LogP contribution in [0, 0.1) is 0 Å². The van der Waals surface area contributed by atoms with E-state index in [1.54, 1.807) is 12.1 Å². The Kier molecular flexibility index (Phi) is 5.24. The molecule has 2 N–H and O–H groups in total. The summed E-state index contributed by atoms with van der Waals surface area (Å²) in [5.41, 5.74) is 4.05. The van der Waals surface area contributed by atoms with Crippen molar-refractivity contribution in [3.05, 3.63) is 77.9 Å². The van der Waals surface area contributed by atoms with Gasteiger partial charge in [-0.3, -0.25) is 4.79 Å². The predicted octanol–water partition coefficient (Wildman–Crippen LogP) is 1.77. The summed E-state index contributed by atoms with van der Waals surface area (Å²) in [4.78, 5) is 22.6. The SMILES string of the molecule is O=C(CNc1cccc2ccccc12)NN=Cc1ccc(C(=O)[O-])cc1. The van der Waals surface area contributed by atoms with Crippen molar-refractivity contribution in [2.24, 2.45) is 5.10 Å². The van der Waals surface area contributed by atoms with Gasteiger partial charge in [0.05, 0.1) is 18.7 Å². The number of nitrogens with one attached hydrogen (secondary N) is 2. The lowest BCUT2D eigenvalue weighted by atomic mass is 10.1. The van der Waals surface area contributed by atoms with Crippen molar-refractivity contribution in [1.82, 2.24) is 5.43 Å². The van der Waals surface area contributed by atoms with Crippen LogP contribution >= 0.6 is 0 Å². The van der Waals surface area contributed by atoms with Gasteiger partial charge in [-0.1, -0.05) is 60.7 Å². The summed E-state index contributed by atoms with van der Waals surface area (Å²) in [6.45, 7) is 0.0783. The fourth-order valence-electron chi connectivity index (χ4n) is 2.48. The van der Waals surface area contributed by atoms with Crippen LogP contribution in [-0.4, -0.2) is 24.6 Å². The highest BCUT2D eigenvalue weighted by molar-refractivity contribution is 5.95. The first-order valence-electron chi connectivity index (χ1n) is 7.98. The van der Waals surface area contributed by atoms with E-state index in [1.165, 1.54) is 18.3 Å². The second kappa shape index (κ2) is 7.94. The Bertz CT molecular complexity index is 960. The number of carboxylic acids is 1. The van der Waals surface area contributed by atoms with Crippen LogP contribution < -0.4 is 15.8 Å². The van der Waals surface area contributed by atoms with E-state index in [-0.39, 0.29) is 18.0 Å². The quantitative estimate of drug-likeness (QED) is 0.525. The van der Waals surface area contributed by atoms with E-state index in [4.69, 9.17) is 0 Å².